The molecule has 0 aliphatic rings. The molecule has 4 aromatic heterocycles. The fourth-order valence-electron chi connectivity index (χ4n) is 2.29. The summed E-state index contributed by atoms with van der Waals surface area (Å²) >= 11 is 4.49. The first-order valence-corrected chi connectivity index (χ1v) is 10.2. The van der Waals surface area contributed by atoms with Gasteiger partial charge < -0.3 is 0 Å². The fourth-order valence-corrected chi connectivity index (χ4v) is 4.84. The van der Waals surface area contributed by atoms with Gasteiger partial charge in [0.25, 0.3) is 5.91 Å². The Balaban J connectivity index is 1.53. The standard InChI is InChI=1S/C17H13N5OS3/c1-9-4-5-12(25-9)13-10(2)26-17(21-13)22-15(23)11-8-24-16(20-11)14-18-6-3-7-19-14/h3-8H,1-2H3,(H,21,22,23). The number of aromatic nitrogens is 4. The molecule has 4 aromatic rings. The molecule has 0 aliphatic heterocycles. The molecule has 0 spiro atoms. The Bertz CT molecular complexity index is 1070. The third-order valence-corrected chi connectivity index (χ3v) is 6.22. The Labute approximate surface area is 161 Å². The Hall–Kier alpha value is -2.49. The molecule has 130 valence electrons. The maximum absolute atomic E-state index is 12.5. The van der Waals surface area contributed by atoms with Crippen molar-refractivity contribution in [1.29, 1.82) is 0 Å². The van der Waals surface area contributed by atoms with Crippen LogP contribution in [0.25, 0.3) is 21.4 Å². The van der Waals surface area contributed by atoms with Crippen molar-refractivity contribution in [2.45, 2.75) is 13.8 Å². The van der Waals surface area contributed by atoms with Crippen LogP contribution in [0.2, 0.25) is 0 Å². The number of nitrogens with one attached hydrogen (secondary N) is 1. The van der Waals surface area contributed by atoms with Crippen molar-refractivity contribution >= 4 is 45.0 Å². The van der Waals surface area contributed by atoms with E-state index in [4.69, 9.17) is 0 Å². The largest absolute Gasteiger partial charge is 0.296 e. The Morgan fingerprint density at radius 3 is 2.62 bits per heavy atom. The maximum atomic E-state index is 12.5. The van der Waals surface area contributed by atoms with Crippen LogP contribution in [0, 0.1) is 13.8 Å². The van der Waals surface area contributed by atoms with E-state index in [-0.39, 0.29) is 5.91 Å². The maximum Gasteiger partial charge on any atom is 0.276 e. The van der Waals surface area contributed by atoms with Crippen molar-refractivity contribution < 1.29 is 4.79 Å². The molecule has 4 heterocycles. The quantitative estimate of drug-likeness (QED) is 0.540. The molecule has 0 aromatic carbocycles. The molecule has 0 fully saturated rings. The normalized spacial score (nSPS) is 10.8. The van der Waals surface area contributed by atoms with E-state index >= 15 is 0 Å². The van der Waals surface area contributed by atoms with E-state index in [0.717, 1.165) is 15.4 Å². The van der Waals surface area contributed by atoms with E-state index < -0.39 is 0 Å². The van der Waals surface area contributed by atoms with E-state index in [0.29, 0.717) is 21.7 Å². The second kappa shape index (κ2) is 7.02. The molecule has 1 N–H and O–H groups in total. The molecule has 0 saturated carbocycles. The van der Waals surface area contributed by atoms with Crippen molar-refractivity contribution in [3.05, 3.63) is 51.4 Å². The third kappa shape index (κ3) is 3.41. The Kier molecular flexibility index (Phi) is 4.58. The van der Waals surface area contributed by atoms with Crippen LogP contribution in [0.3, 0.4) is 0 Å². The molecule has 0 saturated heterocycles. The molecule has 4 rings (SSSR count). The molecule has 9 heteroatoms. The number of thiophene rings is 1. The van der Waals surface area contributed by atoms with Crippen LogP contribution in [-0.2, 0) is 0 Å². The fraction of sp³-hybridized carbons (Fsp3) is 0.118. The number of hydrogen-bond acceptors (Lipinski definition) is 8. The Morgan fingerprint density at radius 2 is 1.88 bits per heavy atom. The van der Waals surface area contributed by atoms with Gasteiger partial charge in [-0.05, 0) is 32.0 Å². The molecule has 0 aliphatic carbocycles. The van der Waals surface area contributed by atoms with E-state index in [1.807, 2.05) is 6.92 Å². The van der Waals surface area contributed by atoms with Gasteiger partial charge in [0, 0.05) is 27.5 Å². The zero-order chi connectivity index (χ0) is 18.1. The molecule has 0 radical (unpaired) electrons. The van der Waals surface area contributed by atoms with Gasteiger partial charge in [-0.15, -0.1) is 34.0 Å². The van der Waals surface area contributed by atoms with Crippen molar-refractivity contribution in [2.24, 2.45) is 0 Å². The van der Waals surface area contributed by atoms with Gasteiger partial charge in [-0.1, -0.05) is 0 Å². The van der Waals surface area contributed by atoms with E-state index in [1.54, 1.807) is 35.2 Å². The van der Waals surface area contributed by atoms with Crippen LogP contribution in [-0.4, -0.2) is 25.8 Å². The highest BCUT2D eigenvalue weighted by atomic mass is 32.1. The summed E-state index contributed by atoms with van der Waals surface area (Å²) in [4.78, 5) is 33.1. The van der Waals surface area contributed by atoms with Crippen molar-refractivity contribution in [3.8, 4) is 21.4 Å². The first-order valence-electron chi connectivity index (χ1n) is 7.68. The van der Waals surface area contributed by atoms with Gasteiger partial charge in [0.05, 0.1) is 10.6 Å². The van der Waals surface area contributed by atoms with Gasteiger partial charge in [-0.2, -0.15) is 0 Å². The molecule has 6 nitrogen and oxygen atoms in total. The zero-order valence-corrected chi connectivity index (χ0v) is 16.3. The molecular formula is C17H13N5OS3. The van der Waals surface area contributed by atoms with Crippen molar-refractivity contribution in [2.75, 3.05) is 5.32 Å². The minimum atomic E-state index is -0.286. The number of carbonyl (C=O) groups is 1. The van der Waals surface area contributed by atoms with Gasteiger partial charge in [-0.3, -0.25) is 10.1 Å². The number of nitrogens with zero attached hydrogens (tertiary/aromatic N) is 4. The first kappa shape index (κ1) is 17.0. The summed E-state index contributed by atoms with van der Waals surface area (Å²) in [6.45, 7) is 4.07. The number of anilines is 1. The monoisotopic (exact) mass is 399 g/mol. The molecule has 0 bridgehead atoms. The van der Waals surface area contributed by atoms with E-state index in [1.165, 1.54) is 27.6 Å². The number of rotatable bonds is 4. The molecule has 1 amide bonds. The smallest absolute Gasteiger partial charge is 0.276 e. The number of carbonyl (C=O) groups excluding carboxylic acids is 1. The second-order valence-electron chi connectivity index (χ2n) is 5.40. The van der Waals surface area contributed by atoms with Gasteiger partial charge in [0.1, 0.15) is 5.69 Å². The number of hydrogen-bond donors (Lipinski definition) is 1. The average molecular weight is 400 g/mol. The highest BCUT2D eigenvalue weighted by Crippen LogP contribution is 2.34. The number of aryl methyl sites for hydroxylation is 2. The minimum Gasteiger partial charge on any atom is -0.296 e. The lowest BCUT2D eigenvalue weighted by Gasteiger charge is -1.97. The summed E-state index contributed by atoms with van der Waals surface area (Å²) in [6.07, 6.45) is 3.30. The average Bonchev–Trinajstić information content (AvgIpc) is 3.36. The lowest BCUT2D eigenvalue weighted by Crippen LogP contribution is -2.12. The summed E-state index contributed by atoms with van der Waals surface area (Å²) in [6, 6.07) is 5.86. The molecular weight excluding hydrogens is 386 g/mol. The number of thiazole rings is 2. The van der Waals surface area contributed by atoms with Gasteiger partial charge >= 0.3 is 0 Å². The lowest BCUT2D eigenvalue weighted by molar-refractivity contribution is 0.102. The van der Waals surface area contributed by atoms with Gasteiger partial charge in [0.15, 0.2) is 16.0 Å². The SMILES string of the molecule is Cc1ccc(-c2nc(NC(=O)c3csc(-c4ncccn4)n3)sc2C)s1. The second-order valence-corrected chi connectivity index (χ2v) is 8.75. The highest BCUT2D eigenvalue weighted by Gasteiger charge is 2.17. The summed E-state index contributed by atoms with van der Waals surface area (Å²) in [5, 5.41) is 5.72. The third-order valence-electron chi connectivity index (χ3n) is 3.48. The zero-order valence-electron chi connectivity index (χ0n) is 13.9. The topological polar surface area (TPSA) is 80.7 Å². The number of amides is 1. The van der Waals surface area contributed by atoms with Crippen LogP contribution in [0.4, 0.5) is 5.13 Å². The Morgan fingerprint density at radius 1 is 1.08 bits per heavy atom. The van der Waals surface area contributed by atoms with E-state index in [2.05, 4.69) is 44.3 Å². The predicted octanol–water partition coefficient (Wildman–Crippen LogP) is 4.65. The van der Waals surface area contributed by atoms with Gasteiger partial charge in [0.2, 0.25) is 0 Å². The highest BCUT2D eigenvalue weighted by molar-refractivity contribution is 7.18. The lowest BCUT2D eigenvalue weighted by atomic mass is 10.3. The van der Waals surface area contributed by atoms with Crippen LogP contribution in [0.5, 0.6) is 0 Å². The van der Waals surface area contributed by atoms with Crippen LogP contribution in [0.15, 0.2) is 36.0 Å². The molecule has 26 heavy (non-hydrogen) atoms. The summed E-state index contributed by atoms with van der Waals surface area (Å²) in [5.41, 5.74) is 1.25. The molecule has 0 atom stereocenters. The van der Waals surface area contributed by atoms with Crippen LogP contribution < -0.4 is 5.32 Å². The van der Waals surface area contributed by atoms with Gasteiger partial charge in [-0.25, -0.2) is 19.9 Å². The van der Waals surface area contributed by atoms with Crippen molar-refractivity contribution in [3.63, 3.8) is 0 Å². The van der Waals surface area contributed by atoms with Crippen LogP contribution >= 0.6 is 34.0 Å². The summed E-state index contributed by atoms with van der Waals surface area (Å²) in [7, 11) is 0. The minimum absolute atomic E-state index is 0.286. The van der Waals surface area contributed by atoms with Crippen molar-refractivity contribution in [1.82, 2.24) is 19.9 Å². The summed E-state index contributed by atoms with van der Waals surface area (Å²) in [5.74, 6) is 0.225. The van der Waals surface area contributed by atoms with Crippen LogP contribution in [0.1, 0.15) is 20.2 Å². The first-order chi connectivity index (χ1) is 12.6. The summed E-state index contributed by atoms with van der Waals surface area (Å²) < 4.78 is 0. The predicted molar refractivity (Wildman–Crippen MR) is 106 cm³/mol. The molecule has 0 unspecified atom stereocenters. The van der Waals surface area contributed by atoms with E-state index in [9.17, 15) is 4.79 Å².